The highest BCUT2D eigenvalue weighted by Crippen LogP contribution is 2.43. The van der Waals surface area contributed by atoms with E-state index >= 15 is 0 Å². The topological polar surface area (TPSA) is 62.3 Å². The summed E-state index contributed by atoms with van der Waals surface area (Å²) in [6.07, 6.45) is 1.37. The Labute approximate surface area is 153 Å². The lowest BCUT2D eigenvalue weighted by atomic mass is 9.86. The van der Waals surface area contributed by atoms with Crippen molar-refractivity contribution in [3.8, 4) is 11.5 Å². The molecule has 7 heteroatoms. The summed E-state index contributed by atoms with van der Waals surface area (Å²) in [6.45, 7) is 3.53. The Morgan fingerprint density at radius 1 is 1.19 bits per heavy atom. The number of amides is 2. The molecule has 3 aliphatic rings. The van der Waals surface area contributed by atoms with Crippen LogP contribution < -0.4 is 14.4 Å². The van der Waals surface area contributed by atoms with Crippen LogP contribution >= 0.6 is 0 Å². The number of rotatable bonds is 3. The molecular weight excluding hydrogens is 334 g/mol. The lowest BCUT2D eigenvalue weighted by Crippen LogP contribution is -2.38. The van der Waals surface area contributed by atoms with Crippen molar-refractivity contribution in [3.63, 3.8) is 0 Å². The van der Waals surface area contributed by atoms with E-state index in [0.29, 0.717) is 45.0 Å². The van der Waals surface area contributed by atoms with Crippen LogP contribution in [0.25, 0.3) is 0 Å². The number of carbonyl (C=O) groups is 2. The molecule has 26 heavy (non-hydrogen) atoms. The number of hydrogen-bond donors (Lipinski definition) is 0. The molecule has 1 aromatic carbocycles. The van der Waals surface area contributed by atoms with Gasteiger partial charge in [0.2, 0.25) is 11.8 Å². The Kier molecular flexibility index (Phi) is 4.26. The minimum atomic E-state index is -0.133. The standard InChI is InChI=1S/C19H25N3O4/c1-20(2)11-18(24)21-6-5-19(12-21)10-17(23)22(13-19)14-3-4-15-16(9-14)26-8-7-25-15/h3-4,9H,5-8,10-13H2,1-2H3/t19-/m0/s1. The molecule has 3 heterocycles. The largest absolute Gasteiger partial charge is 0.486 e. The molecule has 2 amide bonds. The molecule has 4 rings (SSSR count). The number of likely N-dealkylation sites (N-methyl/N-ethyl adjacent to an activating group) is 1. The average Bonchev–Trinajstić information content (AvgIpc) is 3.17. The summed E-state index contributed by atoms with van der Waals surface area (Å²) >= 11 is 0. The molecule has 0 radical (unpaired) electrons. The predicted molar refractivity (Wildman–Crippen MR) is 96.6 cm³/mol. The number of nitrogens with zero attached hydrogens (tertiary/aromatic N) is 3. The molecule has 0 N–H and O–H groups in total. The molecule has 0 unspecified atom stereocenters. The molecular formula is C19H25N3O4. The minimum Gasteiger partial charge on any atom is -0.486 e. The molecule has 140 valence electrons. The van der Waals surface area contributed by atoms with Crippen LogP contribution in [0.15, 0.2) is 18.2 Å². The van der Waals surface area contributed by atoms with Crippen molar-refractivity contribution in [2.75, 3.05) is 58.4 Å². The zero-order chi connectivity index (χ0) is 18.3. The average molecular weight is 359 g/mol. The van der Waals surface area contributed by atoms with E-state index in [-0.39, 0.29) is 17.2 Å². The quantitative estimate of drug-likeness (QED) is 0.805. The van der Waals surface area contributed by atoms with Gasteiger partial charge in [-0.05, 0) is 32.6 Å². The first kappa shape index (κ1) is 17.1. The molecule has 2 saturated heterocycles. The first-order valence-corrected chi connectivity index (χ1v) is 9.08. The highest BCUT2D eigenvalue weighted by Gasteiger charge is 2.48. The van der Waals surface area contributed by atoms with E-state index in [1.807, 2.05) is 47.0 Å². The van der Waals surface area contributed by atoms with Crippen LogP contribution in [-0.4, -0.2) is 75.1 Å². The van der Waals surface area contributed by atoms with Crippen LogP contribution in [0.4, 0.5) is 5.69 Å². The van der Waals surface area contributed by atoms with Crippen molar-refractivity contribution >= 4 is 17.5 Å². The van der Waals surface area contributed by atoms with Crippen molar-refractivity contribution in [2.24, 2.45) is 5.41 Å². The molecule has 2 fully saturated rings. The predicted octanol–water partition coefficient (Wildman–Crippen LogP) is 0.975. The van der Waals surface area contributed by atoms with E-state index in [0.717, 1.165) is 24.4 Å². The molecule has 0 saturated carbocycles. The first-order valence-electron chi connectivity index (χ1n) is 9.08. The van der Waals surface area contributed by atoms with Gasteiger partial charge in [0.25, 0.3) is 0 Å². The van der Waals surface area contributed by atoms with Crippen LogP contribution in [0.1, 0.15) is 12.8 Å². The Balaban J connectivity index is 1.48. The van der Waals surface area contributed by atoms with Gasteiger partial charge in [-0.15, -0.1) is 0 Å². The Morgan fingerprint density at radius 3 is 2.73 bits per heavy atom. The van der Waals surface area contributed by atoms with E-state index < -0.39 is 0 Å². The monoisotopic (exact) mass is 359 g/mol. The number of hydrogen-bond acceptors (Lipinski definition) is 5. The second kappa shape index (κ2) is 6.46. The maximum Gasteiger partial charge on any atom is 0.236 e. The number of ether oxygens (including phenoxy) is 2. The highest BCUT2D eigenvalue weighted by atomic mass is 16.6. The van der Waals surface area contributed by atoms with E-state index in [2.05, 4.69) is 0 Å². The summed E-state index contributed by atoms with van der Waals surface area (Å²) in [7, 11) is 3.79. The Morgan fingerprint density at radius 2 is 1.96 bits per heavy atom. The third kappa shape index (κ3) is 3.11. The summed E-state index contributed by atoms with van der Waals surface area (Å²) in [5.74, 6) is 1.67. The summed E-state index contributed by atoms with van der Waals surface area (Å²) in [5, 5.41) is 0. The van der Waals surface area contributed by atoms with Gasteiger partial charge in [0, 0.05) is 43.2 Å². The van der Waals surface area contributed by atoms with Gasteiger partial charge < -0.3 is 24.2 Å². The molecule has 1 spiro atoms. The number of benzene rings is 1. The van der Waals surface area contributed by atoms with Crippen LogP contribution in [0.5, 0.6) is 11.5 Å². The summed E-state index contributed by atoms with van der Waals surface area (Å²) in [5.41, 5.74) is 0.709. The van der Waals surface area contributed by atoms with Crippen LogP contribution in [0.3, 0.4) is 0 Å². The van der Waals surface area contributed by atoms with E-state index in [9.17, 15) is 9.59 Å². The molecule has 0 aliphatic carbocycles. The number of carbonyl (C=O) groups excluding carboxylic acids is 2. The van der Waals surface area contributed by atoms with Gasteiger partial charge in [-0.25, -0.2) is 0 Å². The molecule has 7 nitrogen and oxygen atoms in total. The zero-order valence-corrected chi connectivity index (χ0v) is 15.4. The van der Waals surface area contributed by atoms with Crippen molar-refractivity contribution in [1.82, 2.24) is 9.80 Å². The molecule has 1 atom stereocenters. The molecule has 3 aliphatic heterocycles. The molecule has 1 aromatic rings. The molecule has 0 bridgehead atoms. The van der Waals surface area contributed by atoms with Gasteiger partial charge in [-0.3, -0.25) is 9.59 Å². The van der Waals surface area contributed by atoms with Gasteiger partial charge in [-0.1, -0.05) is 0 Å². The van der Waals surface area contributed by atoms with Crippen LogP contribution in [0.2, 0.25) is 0 Å². The number of fused-ring (bicyclic) bond motifs is 1. The van der Waals surface area contributed by atoms with Crippen molar-refractivity contribution in [2.45, 2.75) is 12.8 Å². The second-order valence-electron chi connectivity index (χ2n) is 7.79. The summed E-state index contributed by atoms with van der Waals surface area (Å²) in [6, 6.07) is 5.66. The SMILES string of the molecule is CN(C)CC(=O)N1CC[C@]2(CC(=O)N(c3ccc4c(c3)OCCO4)C2)C1. The summed E-state index contributed by atoms with van der Waals surface area (Å²) in [4.78, 5) is 30.7. The maximum absolute atomic E-state index is 12.7. The van der Waals surface area contributed by atoms with Crippen molar-refractivity contribution < 1.29 is 19.1 Å². The Bertz CT molecular complexity index is 735. The third-order valence-corrected chi connectivity index (χ3v) is 5.40. The smallest absolute Gasteiger partial charge is 0.236 e. The molecule has 0 aromatic heterocycles. The van der Waals surface area contributed by atoms with E-state index in [1.165, 1.54) is 0 Å². The number of anilines is 1. The van der Waals surface area contributed by atoms with Crippen molar-refractivity contribution in [1.29, 1.82) is 0 Å². The first-order chi connectivity index (χ1) is 12.5. The Hall–Kier alpha value is -2.28. The normalized spacial score (nSPS) is 24.8. The van der Waals surface area contributed by atoms with Crippen LogP contribution in [-0.2, 0) is 9.59 Å². The van der Waals surface area contributed by atoms with Gasteiger partial charge in [0.1, 0.15) is 13.2 Å². The fraction of sp³-hybridized carbons (Fsp3) is 0.579. The highest BCUT2D eigenvalue weighted by molar-refractivity contribution is 5.97. The lowest BCUT2D eigenvalue weighted by Gasteiger charge is -2.26. The van der Waals surface area contributed by atoms with E-state index in [4.69, 9.17) is 9.47 Å². The zero-order valence-electron chi connectivity index (χ0n) is 15.4. The van der Waals surface area contributed by atoms with Crippen molar-refractivity contribution in [3.05, 3.63) is 18.2 Å². The summed E-state index contributed by atoms with van der Waals surface area (Å²) < 4.78 is 11.2. The van der Waals surface area contributed by atoms with Gasteiger partial charge in [0.05, 0.1) is 6.54 Å². The maximum atomic E-state index is 12.7. The van der Waals surface area contributed by atoms with Crippen LogP contribution in [0, 0.1) is 5.41 Å². The van der Waals surface area contributed by atoms with Gasteiger partial charge >= 0.3 is 0 Å². The third-order valence-electron chi connectivity index (χ3n) is 5.40. The lowest BCUT2D eigenvalue weighted by molar-refractivity contribution is -0.131. The second-order valence-corrected chi connectivity index (χ2v) is 7.79. The fourth-order valence-corrected chi connectivity index (χ4v) is 4.12. The number of likely N-dealkylation sites (tertiary alicyclic amines) is 1. The van der Waals surface area contributed by atoms with E-state index in [1.54, 1.807) is 0 Å². The minimum absolute atomic E-state index is 0.114. The van der Waals surface area contributed by atoms with Gasteiger partial charge in [-0.2, -0.15) is 0 Å². The fourth-order valence-electron chi connectivity index (χ4n) is 4.12. The van der Waals surface area contributed by atoms with Gasteiger partial charge in [0.15, 0.2) is 11.5 Å².